The molecule has 2 heteroatoms. The SMILES string of the molecule is O=C1CCC(c2cccc(N3CCCCC3)c2)CC1. The average molecular weight is 257 g/mol. The van der Waals surface area contributed by atoms with Gasteiger partial charge in [-0.3, -0.25) is 4.79 Å². The van der Waals surface area contributed by atoms with E-state index in [9.17, 15) is 4.79 Å². The van der Waals surface area contributed by atoms with Gasteiger partial charge in [0.25, 0.3) is 0 Å². The van der Waals surface area contributed by atoms with Gasteiger partial charge in [-0.25, -0.2) is 0 Å². The lowest BCUT2D eigenvalue weighted by molar-refractivity contribution is -0.120. The third kappa shape index (κ3) is 2.99. The third-order valence-corrected chi connectivity index (χ3v) is 4.61. The Morgan fingerprint density at radius 1 is 1.00 bits per heavy atom. The fraction of sp³-hybridized carbons (Fsp3) is 0.588. The maximum atomic E-state index is 11.3. The Balaban J connectivity index is 1.73. The first-order valence-electron chi connectivity index (χ1n) is 7.69. The van der Waals surface area contributed by atoms with Crippen molar-refractivity contribution in [1.29, 1.82) is 0 Å². The van der Waals surface area contributed by atoms with Crippen molar-refractivity contribution in [2.45, 2.75) is 50.9 Å². The van der Waals surface area contributed by atoms with Crippen LogP contribution >= 0.6 is 0 Å². The molecule has 0 bridgehead atoms. The monoisotopic (exact) mass is 257 g/mol. The molecule has 1 aliphatic heterocycles. The van der Waals surface area contributed by atoms with Gasteiger partial charge in [0, 0.05) is 31.6 Å². The summed E-state index contributed by atoms with van der Waals surface area (Å²) in [5, 5.41) is 0. The van der Waals surface area contributed by atoms with Crippen molar-refractivity contribution in [1.82, 2.24) is 0 Å². The minimum Gasteiger partial charge on any atom is -0.372 e. The number of carbonyl (C=O) groups excluding carboxylic acids is 1. The van der Waals surface area contributed by atoms with Gasteiger partial charge in [-0.1, -0.05) is 12.1 Å². The number of piperidine rings is 1. The summed E-state index contributed by atoms with van der Waals surface area (Å²) in [5.41, 5.74) is 2.82. The zero-order valence-electron chi connectivity index (χ0n) is 11.6. The predicted octanol–water partition coefficient (Wildman–Crippen LogP) is 3.90. The van der Waals surface area contributed by atoms with Crippen LogP contribution in [0, 0.1) is 0 Å². The molecular weight excluding hydrogens is 234 g/mol. The normalized spacial score (nSPS) is 21.7. The molecule has 0 unspecified atom stereocenters. The number of hydrogen-bond acceptors (Lipinski definition) is 2. The van der Waals surface area contributed by atoms with Crippen molar-refractivity contribution in [2.24, 2.45) is 0 Å². The van der Waals surface area contributed by atoms with Crippen LogP contribution in [0.4, 0.5) is 5.69 Å². The summed E-state index contributed by atoms with van der Waals surface area (Å²) in [7, 11) is 0. The van der Waals surface area contributed by atoms with Crippen molar-refractivity contribution in [3.05, 3.63) is 29.8 Å². The van der Waals surface area contributed by atoms with E-state index in [-0.39, 0.29) is 0 Å². The van der Waals surface area contributed by atoms with Crippen LogP contribution in [-0.4, -0.2) is 18.9 Å². The van der Waals surface area contributed by atoms with Gasteiger partial charge < -0.3 is 4.90 Å². The summed E-state index contributed by atoms with van der Waals surface area (Å²) in [6, 6.07) is 9.04. The number of rotatable bonds is 2. The molecule has 1 heterocycles. The summed E-state index contributed by atoms with van der Waals surface area (Å²) < 4.78 is 0. The lowest BCUT2D eigenvalue weighted by atomic mass is 9.83. The maximum Gasteiger partial charge on any atom is 0.132 e. The Labute approximate surface area is 115 Å². The van der Waals surface area contributed by atoms with Crippen molar-refractivity contribution in [3.63, 3.8) is 0 Å². The molecule has 1 saturated heterocycles. The predicted molar refractivity (Wildman–Crippen MR) is 78.7 cm³/mol. The Bertz CT molecular complexity index is 438. The van der Waals surface area contributed by atoms with Crippen LogP contribution in [0.1, 0.15) is 56.4 Å². The second kappa shape index (κ2) is 5.77. The standard InChI is InChI=1S/C17H23NO/c19-17-9-7-14(8-10-17)15-5-4-6-16(13-15)18-11-2-1-3-12-18/h4-6,13-14H,1-3,7-12H2. The van der Waals surface area contributed by atoms with Crippen molar-refractivity contribution in [2.75, 3.05) is 18.0 Å². The lowest BCUT2D eigenvalue weighted by Crippen LogP contribution is -2.29. The van der Waals surface area contributed by atoms with Crippen LogP contribution in [-0.2, 0) is 4.79 Å². The molecule has 2 nitrogen and oxygen atoms in total. The van der Waals surface area contributed by atoms with Crippen LogP contribution in [0.15, 0.2) is 24.3 Å². The molecule has 2 fully saturated rings. The second-order valence-electron chi connectivity index (χ2n) is 5.96. The number of anilines is 1. The Kier molecular flexibility index (Phi) is 3.86. The molecular formula is C17H23NO. The Morgan fingerprint density at radius 3 is 2.47 bits per heavy atom. The summed E-state index contributed by atoms with van der Waals surface area (Å²) in [4.78, 5) is 13.9. The van der Waals surface area contributed by atoms with Crippen molar-refractivity contribution >= 4 is 11.5 Å². The Hall–Kier alpha value is -1.31. The van der Waals surface area contributed by atoms with Gasteiger partial charge in [-0.05, 0) is 55.7 Å². The smallest absolute Gasteiger partial charge is 0.132 e. The van der Waals surface area contributed by atoms with Crippen LogP contribution in [0.2, 0.25) is 0 Å². The van der Waals surface area contributed by atoms with Gasteiger partial charge >= 0.3 is 0 Å². The number of carbonyl (C=O) groups is 1. The summed E-state index contributed by atoms with van der Waals surface area (Å²) in [6.45, 7) is 2.40. The number of hydrogen-bond donors (Lipinski definition) is 0. The minimum atomic E-state index is 0.448. The zero-order chi connectivity index (χ0) is 13.1. The number of Topliss-reactive ketones (excluding diaryl/α,β-unsaturated/α-hetero) is 1. The van der Waals surface area contributed by atoms with Gasteiger partial charge in [-0.15, -0.1) is 0 Å². The van der Waals surface area contributed by atoms with E-state index in [4.69, 9.17) is 0 Å². The summed E-state index contributed by atoms with van der Waals surface area (Å²) in [6.07, 6.45) is 7.66. The van der Waals surface area contributed by atoms with Crippen LogP contribution in [0.5, 0.6) is 0 Å². The van der Waals surface area contributed by atoms with E-state index >= 15 is 0 Å². The van der Waals surface area contributed by atoms with Crippen LogP contribution < -0.4 is 4.90 Å². The molecule has 1 saturated carbocycles. The third-order valence-electron chi connectivity index (χ3n) is 4.61. The largest absolute Gasteiger partial charge is 0.372 e. The molecule has 19 heavy (non-hydrogen) atoms. The van der Waals surface area contributed by atoms with Crippen LogP contribution in [0.3, 0.4) is 0 Å². The number of nitrogens with zero attached hydrogens (tertiary/aromatic N) is 1. The van der Waals surface area contributed by atoms with Crippen LogP contribution in [0.25, 0.3) is 0 Å². The van der Waals surface area contributed by atoms with E-state index in [2.05, 4.69) is 29.2 Å². The van der Waals surface area contributed by atoms with E-state index < -0.39 is 0 Å². The first kappa shape index (κ1) is 12.7. The molecule has 102 valence electrons. The van der Waals surface area contributed by atoms with Crippen molar-refractivity contribution < 1.29 is 4.79 Å². The van der Waals surface area contributed by atoms with Gasteiger partial charge in [-0.2, -0.15) is 0 Å². The summed E-state index contributed by atoms with van der Waals surface area (Å²) >= 11 is 0. The highest BCUT2D eigenvalue weighted by Gasteiger charge is 2.21. The summed E-state index contributed by atoms with van der Waals surface area (Å²) in [5.74, 6) is 1.05. The van der Waals surface area contributed by atoms with E-state index in [0.717, 1.165) is 25.7 Å². The molecule has 0 spiro atoms. The number of ketones is 1. The average Bonchev–Trinajstić information content (AvgIpc) is 2.49. The van der Waals surface area contributed by atoms with E-state index in [1.165, 1.54) is 43.6 Å². The zero-order valence-corrected chi connectivity index (χ0v) is 11.6. The molecule has 3 rings (SSSR count). The molecule has 0 amide bonds. The van der Waals surface area contributed by atoms with E-state index in [1.807, 2.05) is 0 Å². The fourth-order valence-electron chi connectivity index (χ4n) is 3.40. The molecule has 0 atom stereocenters. The molecule has 2 aliphatic rings. The Morgan fingerprint density at radius 2 is 1.74 bits per heavy atom. The maximum absolute atomic E-state index is 11.3. The van der Waals surface area contributed by atoms with E-state index in [0.29, 0.717) is 11.7 Å². The van der Waals surface area contributed by atoms with Gasteiger partial charge in [0.2, 0.25) is 0 Å². The number of benzene rings is 1. The first-order valence-corrected chi connectivity index (χ1v) is 7.69. The topological polar surface area (TPSA) is 20.3 Å². The van der Waals surface area contributed by atoms with Gasteiger partial charge in [0.1, 0.15) is 5.78 Å². The second-order valence-corrected chi connectivity index (χ2v) is 5.96. The van der Waals surface area contributed by atoms with Gasteiger partial charge in [0.05, 0.1) is 0 Å². The molecule has 1 aliphatic carbocycles. The van der Waals surface area contributed by atoms with Gasteiger partial charge in [0.15, 0.2) is 0 Å². The molecule has 0 radical (unpaired) electrons. The first-order chi connectivity index (χ1) is 9.33. The quantitative estimate of drug-likeness (QED) is 0.800. The molecule has 0 N–H and O–H groups in total. The van der Waals surface area contributed by atoms with Crippen molar-refractivity contribution in [3.8, 4) is 0 Å². The minimum absolute atomic E-state index is 0.448. The highest BCUT2D eigenvalue weighted by Crippen LogP contribution is 2.33. The fourth-order valence-corrected chi connectivity index (χ4v) is 3.40. The van der Waals surface area contributed by atoms with E-state index in [1.54, 1.807) is 0 Å². The molecule has 0 aromatic heterocycles. The highest BCUT2D eigenvalue weighted by molar-refractivity contribution is 5.79. The highest BCUT2D eigenvalue weighted by atomic mass is 16.1. The molecule has 1 aromatic carbocycles. The molecule has 1 aromatic rings. The lowest BCUT2D eigenvalue weighted by Gasteiger charge is -2.30.